The van der Waals surface area contributed by atoms with Crippen molar-refractivity contribution in [3.63, 3.8) is 0 Å². The molecule has 0 spiro atoms. The van der Waals surface area contributed by atoms with Crippen LogP contribution in [0.25, 0.3) is 0 Å². The lowest BCUT2D eigenvalue weighted by Gasteiger charge is -2.29. The zero-order valence-corrected chi connectivity index (χ0v) is 13.7. The average Bonchev–Trinajstić information content (AvgIpc) is 2.90. The van der Waals surface area contributed by atoms with E-state index in [9.17, 15) is 0 Å². The van der Waals surface area contributed by atoms with Gasteiger partial charge in [-0.1, -0.05) is 54.6 Å². The largest absolute Gasteiger partial charge is 0.398 e. The number of benzene rings is 2. The van der Waals surface area contributed by atoms with E-state index in [0.29, 0.717) is 12.0 Å². The molecule has 2 N–H and O–H groups in total. The van der Waals surface area contributed by atoms with Crippen molar-refractivity contribution in [3.8, 4) is 0 Å². The van der Waals surface area contributed by atoms with Crippen LogP contribution in [0.4, 0.5) is 11.4 Å². The first-order valence-electron chi connectivity index (χ1n) is 8.22. The number of nitrogen functional groups attached to an aromatic ring is 1. The summed E-state index contributed by atoms with van der Waals surface area (Å²) in [7, 11) is 0. The van der Waals surface area contributed by atoms with Crippen LogP contribution in [0.3, 0.4) is 0 Å². The third-order valence-electron chi connectivity index (χ3n) is 5.26. The molecule has 0 amide bonds. The van der Waals surface area contributed by atoms with Crippen LogP contribution in [0, 0.1) is 13.8 Å². The van der Waals surface area contributed by atoms with Gasteiger partial charge >= 0.3 is 0 Å². The Bertz CT molecular complexity index is 817. The SMILES string of the molecule is Cc1ccc(CN2c3ccccc3C3C=CC=CC32)c(C)c1N. The number of hydrogen-bond acceptors (Lipinski definition) is 2. The van der Waals surface area contributed by atoms with E-state index < -0.39 is 0 Å². The second kappa shape index (κ2) is 5.31. The monoisotopic (exact) mass is 302 g/mol. The predicted molar refractivity (Wildman–Crippen MR) is 97.8 cm³/mol. The van der Waals surface area contributed by atoms with E-state index in [2.05, 4.69) is 79.4 Å². The average molecular weight is 302 g/mol. The number of nitrogens with two attached hydrogens (primary N) is 1. The van der Waals surface area contributed by atoms with E-state index in [1.165, 1.54) is 22.4 Å². The predicted octanol–water partition coefficient (Wildman–Crippen LogP) is 4.48. The molecule has 2 aromatic rings. The van der Waals surface area contributed by atoms with Gasteiger partial charge in [-0.25, -0.2) is 0 Å². The van der Waals surface area contributed by atoms with Crippen molar-refractivity contribution < 1.29 is 0 Å². The molecule has 2 aliphatic rings. The fourth-order valence-electron chi connectivity index (χ4n) is 3.83. The maximum Gasteiger partial charge on any atom is 0.0584 e. The number of nitrogens with zero attached hydrogens (tertiary/aromatic N) is 1. The smallest absolute Gasteiger partial charge is 0.0584 e. The highest BCUT2D eigenvalue weighted by molar-refractivity contribution is 5.66. The number of fused-ring (bicyclic) bond motifs is 3. The summed E-state index contributed by atoms with van der Waals surface area (Å²) in [5.74, 6) is 0.458. The molecule has 2 nitrogen and oxygen atoms in total. The van der Waals surface area contributed by atoms with Gasteiger partial charge < -0.3 is 10.6 Å². The Morgan fingerprint density at radius 2 is 1.78 bits per heavy atom. The zero-order chi connectivity index (χ0) is 16.0. The summed E-state index contributed by atoms with van der Waals surface area (Å²) in [6.07, 6.45) is 8.96. The van der Waals surface area contributed by atoms with Crippen LogP contribution in [-0.4, -0.2) is 6.04 Å². The van der Waals surface area contributed by atoms with Gasteiger partial charge in [0.05, 0.1) is 6.04 Å². The molecule has 1 aliphatic heterocycles. The molecule has 0 bridgehead atoms. The van der Waals surface area contributed by atoms with Crippen LogP contribution in [0.15, 0.2) is 60.7 Å². The van der Waals surface area contributed by atoms with Gasteiger partial charge in [0.15, 0.2) is 0 Å². The third kappa shape index (κ3) is 2.17. The molecule has 1 heterocycles. The highest BCUT2D eigenvalue weighted by Gasteiger charge is 2.36. The third-order valence-corrected chi connectivity index (χ3v) is 5.26. The van der Waals surface area contributed by atoms with Crippen LogP contribution in [0.2, 0.25) is 0 Å². The summed E-state index contributed by atoms with van der Waals surface area (Å²) < 4.78 is 0. The van der Waals surface area contributed by atoms with Gasteiger partial charge in [-0.3, -0.25) is 0 Å². The summed E-state index contributed by atoms with van der Waals surface area (Å²) in [4.78, 5) is 2.51. The van der Waals surface area contributed by atoms with Crippen molar-refractivity contribution in [2.24, 2.45) is 0 Å². The van der Waals surface area contributed by atoms with E-state index in [4.69, 9.17) is 5.73 Å². The van der Waals surface area contributed by atoms with Gasteiger partial charge in [-0.2, -0.15) is 0 Å². The first-order chi connectivity index (χ1) is 11.2. The number of allylic oxidation sites excluding steroid dienone is 2. The molecule has 116 valence electrons. The molecule has 0 aromatic heterocycles. The quantitative estimate of drug-likeness (QED) is 0.829. The summed E-state index contributed by atoms with van der Waals surface area (Å²) >= 11 is 0. The highest BCUT2D eigenvalue weighted by Crippen LogP contribution is 2.44. The number of aryl methyl sites for hydroxylation is 1. The van der Waals surface area contributed by atoms with Crippen LogP contribution in [0.1, 0.15) is 28.2 Å². The van der Waals surface area contributed by atoms with Crippen molar-refractivity contribution in [2.45, 2.75) is 32.4 Å². The van der Waals surface area contributed by atoms with Crippen molar-refractivity contribution >= 4 is 11.4 Å². The van der Waals surface area contributed by atoms with Gasteiger partial charge in [-0.15, -0.1) is 0 Å². The molecule has 0 radical (unpaired) electrons. The van der Waals surface area contributed by atoms with Crippen LogP contribution in [-0.2, 0) is 6.54 Å². The van der Waals surface area contributed by atoms with E-state index in [0.717, 1.165) is 17.8 Å². The molecule has 1 aliphatic carbocycles. The van der Waals surface area contributed by atoms with Gasteiger partial charge in [0.25, 0.3) is 0 Å². The number of para-hydroxylation sites is 1. The van der Waals surface area contributed by atoms with Crippen LogP contribution < -0.4 is 10.6 Å². The molecule has 0 saturated heterocycles. The Balaban J connectivity index is 1.76. The Kier molecular flexibility index (Phi) is 3.26. The van der Waals surface area contributed by atoms with Gasteiger partial charge in [0, 0.05) is 23.8 Å². The Morgan fingerprint density at radius 3 is 2.65 bits per heavy atom. The van der Waals surface area contributed by atoms with Crippen molar-refractivity contribution in [1.82, 2.24) is 0 Å². The van der Waals surface area contributed by atoms with E-state index in [1.807, 2.05) is 0 Å². The standard InChI is InChI=1S/C21H22N2/c1-14-11-12-16(15(2)21(14)22)13-23-19-9-5-3-7-17(19)18-8-4-6-10-20(18)23/h3-12,17,19H,13,22H2,1-2H3. The summed E-state index contributed by atoms with van der Waals surface area (Å²) in [6, 6.07) is 13.5. The number of rotatable bonds is 2. The lowest BCUT2D eigenvalue weighted by atomic mass is 9.91. The number of anilines is 2. The molecule has 2 heteroatoms. The second-order valence-electron chi connectivity index (χ2n) is 6.55. The van der Waals surface area contributed by atoms with Gasteiger partial charge in [0.1, 0.15) is 0 Å². The van der Waals surface area contributed by atoms with E-state index in [-0.39, 0.29) is 0 Å². The molecule has 2 atom stereocenters. The summed E-state index contributed by atoms with van der Waals surface area (Å²) in [6.45, 7) is 5.10. The molecular weight excluding hydrogens is 280 g/mol. The Hall–Kier alpha value is -2.48. The zero-order valence-electron chi connectivity index (χ0n) is 13.7. The topological polar surface area (TPSA) is 29.3 Å². The first kappa shape index (κ1) is 14.1. The lowest BCUT2D eigenvalue weighted by molar-refractivity contribution is 0.671. The minimum atomic E-state index is 0.402. The molecule has 4 rings (SSSR count). The number of hydrogen-bond donors (Lipinski definition) is 1. The fourth-order valence-corrected chi connectivity index (χ4v) is 3.83. The maximum atomic E-state index is 6.24. The summed E-state index contributed by atoms with van der Waals surface area (Å²) in [5, 5.41) is 0. The highest BCUT2D eigenvalue weighted by atomic mass is 15.2. The van der Waals surface area contributed by atoms with Gasteiger partial charge in [-0.05, 0) is 42.2 Å². The Morgan fingerprint density at radius 1 is 1.00 bits per heavy atom. The summed E-state index contributed by atoms with van der Waals surface area (Å²) in [5.41, 5.74) is 13.6. The second-order valence-corrected chi connectivity index (χ2v) is 6.55. The Labute approximate surface area is 137 Å². The molecule has 2 aromatic carbocycles. The van der Waals surface area contributed by atoms with Crippen LogP contribution in [0.5, 0.6) is 0 Å². The maximum absolute atomic E-state index is 6.24. The van der Waals surface area contributed by atoms with Crippen molar-refractivity contribution in [1.29, 1.82) is 0 Å². The minimum Gasteiger partial charge on any atom is -0.398 e. The first-order valence-corrected chi connectivity index (χ1v) is 8.22. The van der Waals surface area contributed by atoms with Gasteiger partial charge in [0.2, 0.25) is 0 Å². The minimum absolute atomic E-state index is 0.402. The fraction of sp³-hybridized carbons (Fsp3) is 0.238. The molecule has 23 heavy (non-hydrogen) atoms. The van der Waals surface area contributed by atoms with Crippen LogP contribution >= 0.6 is 0 Å². The molecular formula is C21H22N2. The van der Waals surface area contributed by atoms with E-state index >= 15 is 0 Å². The van der Waals surface area contributed by atoms with Crippen molar-refractivity contribution in [3.05, 3.63) is 83.0 Å². The molecule has 0 fully saturated rings. The lowest BCUT2D eigenvalue weighted by Crippen LogP contribution is -2.32. The normalized spacial score (nSPS) is 21.4. The van der Waals surface area contributed by atoms with Crippen molar-refractivity contribution in [2.75, 3.05) is 10.6 Å². The molecule has 2 unspecified atom stereocenters. The van der Waals surface area contributed by atoms with E-state index in [1.54, 1.807) is 0 Å². The molecule has 0 saturated carbocycles.